The molecule has 98 valence electrons. The summed E-state index contributed by atoms with van der Waals surface area (Å²) in [5, 5.41) is 13.7. The molecule has 0 aliphatic heterocycles. The van der Waals surface area contributed by atoms with Crippen LogP contribution in [0.1, 0.15) is 24.2 Å². The van der Waals surface area contributed by atoms with Gasteiger partial charge in [-0.25, -0.2) is 8.78 Å². The summed E-state index contributed by atoms with van der Waals surface area (Å²) in [6.45, 7) is 2.96. The third-order valence-corrected chi connectivity index (χ3v) is 2.30. The molecule has 0 aliphatic carbocycles. The number of amides is 1. The van der Waals surface area contributed by atoms with E-state index in [1.165, 1.54) is 13.8 Å². The molecule has 0 heterocycles. The predicted octanol–water partition coefficient (Wildman–Crippen LogP) is 1.22. The van der Waals surface area contributed by atoms with Crippen molar-refractivity contribution in [3.05, 3.63) is 35.4 Å². The van der Waals surface area contributed by atoms with Crippen LogP contribution < -0.4 is 11.1 Å². The Balaban J connectivity index is 2.95. The van der Waals surface area contributed by atoms with Crippen LogP contribution in [0.2, 0.25) is 0 Å². The molecule has 5 nitrogen and oxygen atoms in total. The Hall–Kier alpha value is -2.18. The summed E-state index contributed by atoms with van der Waals surface area (Å²) in [4.78, 5) is 11.7. The van der Waals surface area contributed by atoms with Crippen LogP contribution in [0.4, 0.5) is 8.78 Å². The quantitative estimate of drug-likeness (QED) is 0.329. The lowest BCUT2D eigenvalue weighted by Gasteiger charge is -2.24. The van der Waals surface area contributed by atoms with E-state index >= 15 is 0 Å². The smallest absolute Gasteiger partial charge is 0.252 e. The molecule has 0 aliphatic rings. The second-order valence-corrected chi connectivity index (χ2v) is 4.22. The van der Waals surface area contributed by atoms with Gasteiger partial charge in [-0.05, 0) is 26.0 Å². The van der Waals surface area contributed by atoms with Gasteiger partial charge in [-0.3, -0.25) is 4.79 Å². The minimum atomic E-state index is -1.14. The highest BCUT2D eigenvalue weighted by Gasteiger charge is 2.26. The third-order valence-electron chi connectivity index (χ3n) is 2.30. The van der Waals surface area contributed by atoms with Gasteiger partial charge in [-0.1, -0.05) is 5.16 Å². The minimum Gasteiger partial charge on any atom is -0.409 e. The van der Waals surface area contributed by atoms with Crippen LogP contribution in [-0.2, 0) is 0 Å². The van der Waals surface area contributed by atoms with Crippen molar-refractivity contribution in [3.8, 4) is 0 Å². The van der Waals surface area contributed by atoms with Gasteiger partial charge in [0.2, 0.25) is 0 Å². The molecule has 0 radical (unpaired) electrons. The molecule has 1 amide bonds. The van der Waals surface area contributed by atoms with E-state index in [0.717, 1.165) is 12.1 Å². The van der Waals surface area contributed by atoms with Crippen LogP contribution in [0.3, 0.4) is 0 Å². The lowest BCUT2D eigenvalue weighted by molar-refractivity contribution is 0.0930. The molecule has 7 heteroatoms. The molecule has 0 saturated carbocycles. The fourth-order valence-electron chi connectivity index (χ4n) is 1.23. The summed E-state index contributed by atoms with van der Waals surface area (Å²) in [5.74, 6) is -2.68. The second-order valence-electron chi connectivity index (χ2n) is 4.22. The Bertz CT molecular complexity index is 481. The van der Waals surface area contributed by atoms with E-state index in [2.05, 4.69) is 10.5 Å². The van der Waals surface area contributed by atoms with Crippen LogP contribution >= 0.6 is 0 Å². The standard InChI is InChI=1S/C11H13F2N3O2/c1-11(2,10(14)16-18)15-9(17)6-3-7(12)5-8(13)4-6/h3-5,18H,1-2H3,(H2,14,16)(H,15,17). The van der Waals surface area contributed by atoms with Gasteiger partial charge in [0.1, 0.15) is 11.6 Å². The number of nitrogens with one attached hydrogen (secondary N) is 1. The summed E-state index contributed by atoms with van der Waals surface area (Å²) in [6.07, 6.45) is 0. The molecule has 18 heavy (non-hydrogen) atoms. The maximum absolute atomic E-state index is 12.9. The third kappa shape index (κ3) is 3.16. The highest BCUT2D eigenvalue weighted by molar-refractivity contribution is 5.99. The van der Waals surface area contributed by atoms with E-state index in [1.54, 1.807) is 0 Å². The largest absolute Gasteiger partial charge is 0.409 e. The zero-order valence-corrected chi connectivity index (χ0v) is 9.87. The second kappa shape index (κ2) is 4.99. The molecule has 1 aromatic rings. The number of hydrogen-bond donors (Lipinski definition) is 3. The molecule has 0 atom stereocenters. The maximum atomic E-state index is 12.9. The topological polar surface area (TPSA) is 87.7 Å². The monoisotopic (exact) mass is 257 g/mol. The van der Waals surface area contributed by atoms with Crippen molar-refractivity contribution in [1.29, 1.82) is 0 Å². The summed E-state index contributed by atoms with van der Waals surface area (Å²) in [6, 6.07) is 2.44. The van der Waals surface area contributed by atoms with Crippen molar-refractivity contribution in [2.24, 2.45) is 10.9 Å². The van der Waals surface area contributed by atoms with Crippen LogP contribution in [0.5, 0.6) is 0 Å². The number of carbonyl (C=O) groups excluding carboxylic acids is 1. The van der Waals surface area contributed by atoms with Gasteiger partial charge in [-0.15, -0.1) is 0 Å². The number of rotatable bonds is 3. The van der Waals surface area contributed by atoms with Gasteiger partial charge in [0.15, 0.2) is 5.84 Å². The normalized spacial score (nSPS) is 12.3. The number of amidine groups is 1. The highest BCUT2D eigenvalue weighted by Crippen LogP contribution is 2.10. The number of hydrogen-bond acceptors (Lipinski definition) is 3. The Labute approximate surface area is 102 Å². The SMILES string of the molecule is CC(C)(NC(=O)c1cc(F)cc(F)c1)/C(N)=N/O. The zero-order chi connectivity index (χ0) is 13.9. The molecule has 0 saturated heterocycles. The summed E-state index contributed by atoms with van der Waals surface area (Å²) in [5.41, 5.74) is 4.04. The van der Waals surface area contributed by atoms with Crippen molar-refractivity contribution < 1.29 is 18.8 Å². The molecule has 4 N–H and O–H groups in total. The lowest BCUT2D eigenvalue weighted by atomic mass is 10.0. The van der Waals surface area contributed by atoms with Crippen LogP contribution in [0, 0.1) is 11.6 Å². The van der Waals surface area contributed by atoms with Crippen LogP contribution in [-0.4, -0.2) is 22.5 Å². The number of nitrogens with zero attached hydrogens (tertiary/aromatic N) is 1. The van der Waals surface area contributed by atoms with E-state index < -0.39 is 23.1 Å². The molecule has 0 aromatic heterocycles. The van der Waals surface area contributed by atoms with E-state index in [0.29, 0.717) is 6.07 Å². The van der Waals surface area contributed by atoms with Crippen molar-refractivity contribution in [2.75, 3.05) is 0 Å². The van der Waals surface area contributed by atoms with Gasteiger partial charge >= 0.3 is 0 Å². The summed E-state index contributed by atoms with van der Waals surface area (Å²) >= 11 is 0. The van der Waals surface area contributed by atoms with Crippen molar-refractivity contribution in [3.63, 3.8) is 0 Å². The molecule has 0 spiro atoms. The van der Waals surface area contributed by atoms with E-state index in [-0.39, 0.29) is 11.4 Å². The van der Waals surface area contributed by atoms with Crippen LogP contribution in [0.25, 0.3) is 0 Å². The average molecular weight is 257 g/mol. The Morgan fingerprint density at radius 1 is 1.33 bits per heavy atom. The first-order chi connectivity index (χ1) is 8.26. The number of carbonyl (C=O) groups is 1. The maximum Gasteiger partial charge on any atom is 0.252 e. The molecular formula is C11H13F2N3O2. The Kier molecular flexibility index (Phi) is 3.85. The first-order valence-electron chi connectivity index (χ1n) is 5.03. The molecule has 1 aromatic carbocycles. The van der Waals surface area contributed by atoms with Crippen molar-refractivity contribution in [1.82, 2.24) is 5.32 Å². The Morgan fingerprint density at radius 3 is 2.28 bits per heavy atom. The molecule has 0 bridgehead atoms. The van der Waals surface area contributed by atoms with Crippen LogP contribution in [0.15, 0.2) is 23.4 Å². The van der Waals surface area contributed by atoms with Gasteiger partial charge in [-0.2, -0.15) is 0 Å². The Morgan fingerprint density at radius 2 is 1.83 bits per heavy atom. The summed E-state index contributed by atoms with van der Waals surface area (Å²) < 4.78 is 25.9. The zero-order valence-electron chi connectivity index (χ0n) is 9.87. The lowest BCUT2D eigenvalue weighted by Crippen LogP contribution is -2.53. The van der Waals surface area contributed by atoms with Gasteiger partial charge in [0.25, 0.3) is 5.91 Å². The highest BCUT2D eigenvalue weighted by atomic mass is 19.1. The molecular weight excluding hydrogens is 244 g/mol. The molecule has 0 fully saturated rings. The molecule has 0 unspecified atom stereocenters. The van der Waals surface area contributed by atoms with E-state index in [1.807, 2.05) is 0 Å². The fraction of sp³-hybridized carbons (Fsp3) is 0.273. The number of benzene rings is 1. The van der Waals surface area contributed by atoms with E-state index in [4.69, 9.17) is 10.9 Å². The van der Waals surface area contributed by atoms with Gasteiger partial charge in [0.05, 0.1) is 5.54 Å². The molecule has 1 rings (SSSR count). The average Bonchev–Trinajstić information content (AvgIpc) is 2.25. The predicted molar refractivity (Wildman–Crippen MR) is 61.3 cm³/mol. The van der Waals surface area contributed by atoms with Gasteiger partial charge in [0, 0.05) is 11.6 Å². The minimum absolute atomic E-state index is 0.189. The van der Waals surface area contributed by atoms with Crippen molar-refractivity contribution in [2.45, 2.75) is 19.4 Å². The van der Waals surface area contributed by atoms with Gasteiger partial charge < -0.3 is 16.3 Å². The number of halogens is 2. The van der Waals surface area contributed by atoms with E-state index in [9.17, 15) is 13.6 Å². The van der Waals surface area contributed by atoms with Crippen molar-refractivity contribution >= 4 is 11.7 Å². The fourth-order valence-corrected chi connectivity index (χ4v) is 1.23. The first kappa shape index (κ1) is 13.9. The summed E-state index contributed by atoms with van der Waals surface area (Å²) in [7, 11) is 0. The number of nitrogens with two attached hydrogens (primary N) is 1. The number of oxime groups is 1. The first-order valence-corrected chi connectivity index (χ1v) is 5.03.